The fraction of sp³-hybridized carbons (Fsp3) is 0.571. The van der Waals surface area contributed by atoms with Crippen LogP contribution in [0.5, 0.6) is 0 Å². The predicted molar refractivity (Wildman–Crippen MR) is 138 cm³/mol. The summed E-state index contributed by atoms with van der Waals surface area (Å²) in [5, 5.41) is 13.1. The Hall–Kier alpha value is -2.27. The molecule has 0 radical (unpaired) electrons. The molecule has 1 fully saturated rings. The van der Waals surface area contributed by atoms with E-state index in [0.29, 0.717) is 17.5 Å². The first kappa shape index (κ1) is 26.3. The first-order valence-electron chi connectivity index (χ1n) is 12.3. The molecule has 1 aromatic carbocycles. The summed E-state index contributed by atoms with van der Waals surface area (Å²) in [7, 11) is 0. The number of hydrogen-bond acceptors (Lipinski definition) is 2. The molecule has 1 aromatic rings. The Bertz CT molecular complexity index is 992. The molecule has 5 nitrogen and oxygen atoms in total. The minimum atomic E-state index is -0.903. The van der Waals surface area contributed by atoms with Crippen LogP contribution in [0, 0.1) is 17.3 Å². The van der Waals surface area contributed by atoms with Gasteiger partial charge in [0.25, 0.3) is 0 Å². The molecule has 1 aliphatic carbocycles. The van der Waals surface area contributed by atoms with Gasteiger partial charge >= 0.3 is 12.0 Å². The molecule has 34 heavy (non-hydrogen) atoms. The van der Waals surface area contributed by atoms with Crippen LogP contribution < -0.4 is 5.32 Å². The molecule has 2 amide bonds. The molecule has 1 unspecified atom stereocenters. The van der Waals surface area contributed by atoms with E-state index in [1.807, 2.05) is 12.3 Å². The zero-order valence-corrected chi connectivity index (χ0v) is 22.0. The van der Waals surface area contributed by atoms with Crippen molar-refractivity contribution in [3.05, 3.63) is 58.4 Å². The van der Waals surface area contributed by atoms with Crippen molar-refractivity contribution in [1.29, 1.82) is 0 Å². The molecule has 0 bridgehead atoms. The maximum Gasteiger partial charge on any atom is 0.326 e. The average Bonchev–Trinajstić information content (AvgIpc) is 2.74. The summed E-state index contributed by atoms with van der Waals surface area (Å²) in [5.74, 6) is 0.146. The van der Waals surface area contributed by atoms with Crippen molar-refractivity contribution < 1.29 is 14.7 Å². The Morgan fingerprint density at radius 1 is 1.32 bits per heavy atom. The fourth-order valence-corrected chi connectivity index (χ4v) is 5.26. The number of benzene rings is 1. The van der Waals surface area contributed by atoms with Gasteiger partial charge in [-0.25, -0.2) is 4.79 Å². The van der Waals surface area contributed by atoms with Gasteiger partial charge < -0.3 is 10.4 Å². The van der Waals surface area contributed by atoms with Crippen molar-refractivity contribution >= 4 is 23.6 Å². The lowest BCUT2D eigenvalue weighted by Crippen LogP contribution is -2.56. The van der Waals surface area contributed by atoms with Crippen molar-refractivity contribution in [2.45, 2.75) is 85.1 Å². The van der Waals surface area contributed by atoms with Gasteiger partial charge in [0.2, 0.25) is 0 Å². The van der Waals surface area contributed by atoms with Crippen LogP contribution >= 0.6 is 11.6 Å². The highest BCUT2D eigenvalue weighted by molar-refractivity contribution is 6.31. The molecule has 0 aromatic heterocycles. The van der Waals surface area contributed by atoms with Crippen LogP contribution in [0.2, 0.25) is 5.02 Å². The summed E-state index contributed by atoms with van der Waals surface area (Å²) in [6.45, 7) is 15.2. The van der Waals surface area contributed by atoms with E-state index >= 15 is 0 Å². The predicted octanol–water partition coefficient (Wildman–Crippen LogP) is 7.26. The summed E-state index contributed by atoms with van der Waals surface area (Å²) in [4.78, 5) is 25.7. The second kappa shape index (κ2) is 10.2. The number of amides is 2. The van der Waals surface area contributed by atoms with Gasteiger partial charge in [0.15, 0.2) is 0 Å². The molecular weight excluding hydrogens is 448 g/mol. The van der Waals surface area contributed by atoms with Gasteiger partial charge in [0.1, 0.15) is 0 Å². The number of hydrogen-bond donors (Lipinski definition) is 2. The van der Waals surface area contributed by atoms with E-state index < -0.39 is 11.5 Å². The van der Waals surface area contributed by atoms with Crippen LogP contribution in [-0.2, 0) is 16.8 Å². The third kappa shape index (κ3) is 5.86. The highest BCUT2D eigenvalue weighted by Gasteiger charge is 2.46. The van der Waals surface area contributed by atoms with Gasteiger partial charge in [-0.1, -0.05) is 64.9 Å². The SMILES string of the molecule is C=C(CCC(=O)O)N1C=C2CC(C(C)C)CC[C@]2(c2ccc(CCC(C)(C)C)c(Cl)c2)NC1=O. The van der Waals surface area contributed by atoms with E-state index in [9.17, 15) is 9.59 Å². The van der Waals surface area contributed by atoms with E-state index in [1.54, 1.807) is 0 Å². The van der Waals surface area contributed by atoms with Crippen LogP contribution in [0.4, 0.5) is 4.79 Å². The number of carbonyl (C=O) groups is 2. The Morgan fingerprint density at radius 2 is 2.03 bits per heavy atom. The Balaban J connectivity index is 1.96. The van der Waals surface area contributed by atoms with Crippen molar-refractivity contribution in [2.24, 2.45) is 17.3 Å². The van der Waals surface area contributed by atoms with Gasteiger partial charge in [-0.2, -0.15) is 0 Å². The average molecular weight is 487 g/mol. The van der Waals surface area contributed by atoms with Crippen LogP contribution in [0.15, 0.2) is 42.2 Å². The van der Waals surface area contributed by atoms with Crippen LogP contribution in [0.25, 0.3) is 0 Å². The second-order valence-corrected chi connectivity index (χ2v) is 11.8. The third-order valence-electron chi connectivity index (χ3n) is 7.35. The highest BCUT2D eigenvalue weighted by atomic mass is 35.5. The van der Waals surface area contributed by atoms with Gasteiger partial charge in [0.05, 0.1) is 12.0 Å². The first-order valence-corrected chi connectivity index (χ1v) is 12.7. The molecule has 1 aliphatic heterocycles. The number of carbonyl (C=O) groups excluding carboxylic acids is 1. The van der Waals surface area contributed by atoms with E-state index in [1.165, 1.54) is 4.90 Å². The third-order valence-corrected chi connectivity index (χ3v) is 7.70. The number of rotatable bonds is 8. The van der Waals surface area contributed by atoms with Crippen LogP contribution in [-0.4, -0.2) is 22.0 Å². The largest absolute Gasteiger partial charge is 0.481 e. The number of carboxylic acid groups (broad SMARTS) is 1. The number of aryl methyl sites for hydroxylation is 1. The number of nitrogens with zero attached hydrogens (tertiary/aromatic N) is 1. The monoisotopic (exact) mass is 486 g/mol. The molecule has 0 spiro atoms. The standard InChI is InChI=1S/C28H39ClN2O3/c1-18(2)21-12-14-28(22-9-8-20(24(29)16-22)11-13-27(4,5)6)23(15-21)17-31(26(34)30-28)19(3)7-10-25(32)33/h8-9,16-18,21H,3,7,10-15H2,1-2,4-6H3,(H,30,34)(H,32,33)/t21?,28-/m1/s1. The van der Waals surface area contributed by atoms with Crippen molar-refractivity contribution in [3.8, 4) is 0 Å². The fourth-order valence-electron chi connectivity index (χ4n) is 4.99. The van der Waals surface area contributed by atoms with Gasteiger partial charge in [-0.3, -0.25) is 9.69 Å². The molecule has 2 atom stereocenters. The summed E-state index contributed by atoms with van der Waals surface area (Å²) >= 11 is 6.76. The zero-order chi connectivity index (χ0) is 25.3. The number of nitrogens with one attached hydrogen (secondary N) is 1. The van der Waals surface area contributed by atoms with E-state index in [2.05, 4.69) is 58.6 Å². The van der Waals surface area contributed by atoms with Crippen molar-refractivity contribution in [2.75, 3.05) is 0 Å². The molecule has 2 aliphatic rings. The quantitative estimate of drug-likeness (QED) is 0.406. The normalized spacial score (nSPS) is 22.8. The number of allylic oxidation sites excluding steroid dienone is 1. The summed E-state index contributed by atoms with van der Waals surface area (Å²) in [6.07, 6.45) is 6.71. The summed E-state index contributed by atoms with van der Waals surface area (Å²) in [6, 6.07) is 5.98. The van der Waals surface area contributed by atoms with Gasteiger partial charge in [-0.05, 0) is 78.5 Å². The van der Waals surface area contributed by atoms with Crippen LogP contribution in [0.3, 0.4) is 0 Å². The Kier molecular flexibility index (Phi) is 7.86. The first-order chi connectivity index (χ1) is 15.8. The molecule has 1 saturated carbocycles. The maximum absolute atomic E-state index is 13.2. The zero-order valence-electron chi connectivity index (χ0n) is 21.2. The minimum absolute atomic E-state index is 0.0583. The summed E-state index contributed by atoms with van der Waals surface area (Å²) < 4.78 is 0. The van der Waals surface area contributed by atoms with Gasteiger partial charge in [0, 0.05) is 16.9 Å². The molecule has 0 saturated heterocycles. The molecule has 186 valence electrons. The molecule has 6 heteroatoms. The smallest absolute Gasteiger partial charge is 0.326 e. The topological polar surface area (TPSA) is 69.6 Å². The molecule has 2 N–H and O–H groups in total. The van der Waals surface area contributed by atoms with Crippen LogP contribution in [0.1, 0.15) is 84.3 Å². The van der Waals surface area contributed by atoms with E-state index in [0.717, 1.165) is 53.8 Å². The van der Waals surface area contributed by atoms with Crippen molar-refractivity contribution in [3.63, 3.8) is 0 Å². The van der Waals surface area contributed by atoms with E-state index in [-0.39, 0.29) is 24.3 Å². The minimum Gasteiger partial charge on any atom is -0.481 e. The number of halogens is 1. The Morgan fingerprint density at radius 3 is 2.62 bits per heavy atom. The second-order valence-electron chi connectivity index (χ2n) is 11.4. The maximum atomic E-state index is 13.2. The van der Waals surface area contributed by atoms with E-state index in [4.69, 9.17) is 16.7 Å². The summed E-state index contributed by atoms with van der Waals surface area (Å²) in [5.41, 5.74) is 3.39. The lowest BCUT2D eigenvalue weighted by molar-refractivity contribution is -0.137. The molecule has 3 rings (SSSR count). The number of aliphatic carboxylic acids is 1. The number of carboxylic acids is 1. The number of urea groups is 1. The molecular formula is C28H39ClN2O3. The Labute approximate surface area is 209 Å². The highest BCUT2D eigenvalue weighted by Crippen LogP contribution is 2.48. The lowest BCUT2D eigenvalue weighted by Gasteiger charge is -2.48. The van der Waals surface area contributed by atoms with Gasteiger partial charge in [-0.15, -0.1) is 0 Å². The molecule has 1 heterocycles. The van der Waals surface area contributed by atoms with Crippen molar-refractivity contribution in [1.82, 2.24) is 10.2 Å². The number of fused-ring (bicyclic) bond motifs is 1. The lowest BCUT2D eigenvalue weighted by atomic mass is 9.66.